The van der Waals surface area contributed by atoms with E-state index in [1.54, 1.807) is 0 Å². The number of aliphatic carboxylic acids is 1. The lowest BCUT2D eigenvalue weighted by Crippen LogP contribution is -2.50. The summed E-state index contributed by atoms with van der Waals surface area (Å²) in [6.45, 7) is 5.12. The average molecular weight is 361 g/mol. The van der Waals surface area contributed by atoms with Crippen LogP contribution in [0.15, 0.2) is 30.3 Å². The molecule has 144 valence electrons. The number of ether oxygens (including phenoxy) is 1. The number of carboxylic acid groups (broad SMARTS) is 1. The van der Waals surface area contributed by atoms with Gasteiger partial charge in [0.05, 0.1) is 5.41 Å². The minimum atomic E-state index is -1.10. The van der Waals surface area contributed by atoms with Crippen molar-refractivity contribution in [2.45, 2.75) is 57.8 Å². The quantitative estimate of drug-likeness (QED) is 0.625. The van der Waals surface area contributed by atoms with E-state index in [0.717, 1.165) is 31.2 Å². The fourth-order valence-electron chi connectivity index (χ4n) is 4.01. The van der Waals surface area contributed by atoms with Gasteiger partial charge in [0.15, 0.2) is 0 Å². The fraction of sp³-hybridized carbons (Fsp3) is 0.619. The molecule has 1 aliphatic carbocycles. The number of benzene rings is 1. The maximum Gasteiger partial charge on any atom is 0.315 e. The zero-order valence-corrected chi connectivity index (χ0v) is 15.9. The summed E-state index contributed by atoms with van der Waals surface area (Å²) in [5, 5.41) is 12.9. The molecule has 5 nitrogen and oxygen atoms in total. The Hall–Kier alpha value is -1.88. The molecule has 0 saturated heterocycles. The van der Waals surface area contributed by atoms with Gasteiger partial charge >= 0.3 is 5.97 Å². The summed E-state index contributed by atoms with van der Waals surface area (Å²) in [5.74, 6) is -0.925. The highest BCUT2D eigenvalue weighted by Gasteiger charge is 2.44. The second-order valence-corrected chi connectivity index (χ2v) is 7.22. The minimum Gasteiger partial charge on any atom is -0.481 e. The van der Waals surface area contributed by atoms with Gasteiger partial charge in [0.2, 0.25) is 5.91 Å². The first kappa shape index (κ1) is 20.4. The summed E-state index contributed by atoms with van der Waals surface area (Å²) in [7, 11) is 0. The van der Waals surface area contributed by atoms with E-state index in [9.17, 15) is 14.7 Å². The van der Waals surface area contributed by atoms with Gasteiger partial charge in [-0.2, -0.15) is 0 Å². The Morgan fingerprint density at radius 2 is 1.85 bits per heavy atom. The van der Waals surface area contributed by atoms with Crippen molar-refractivity contribution in [1.29, 1.82) is 0 Å². The van der Waals surface area contributed by atoms with Crippen LogP contribution in [0.4, 0.5) is 0 Å². The highest BCUT2D eigenvalue weighted by atomic mass is 16.5. The molecular formula is C21H31NO4. The largest absolute Gasteiger partial charge is 0.481 e. The van der Waals surface area contributed by atoms with E-state index in [1.807, 2.05) is 44.2 Å². The SMILES string of the molecule is CCOCCC1(C(=O)NCC(CC)(C(=O)O)c2ccccc2)CCCC1. The molecule has 2 rings (SSSR count). The lowest BCUT2D eigenvalue weighted by molar-refractivity contribution is -0.144. The van der Waals surface area contributed by atoms with Crippen LogP contribution in [0.25, 0.3) is 0 Å². The van der Waals surface area contributed by atoms with Crippen molar-refractivity contribution < 1.29 is 19.4 Å². The summed E-state index contributed by atoms with van der Waals surface area (Å²) in [6.07, 6.45) is 4.89. The second-order valence-electron chi connectivity index (χ2n) is 7.22. The van der Waals surface area contributed by atoms with E-state index in [2.05, 4.69) is 5.32 Å². The third kappa shape index (κ3) is 4.26. The first-order valence-corrected chi connectivity index (χ1v) is 9.66. The van der Waals surface area contributed by atoms with Crippen LogP contribution in [0.3, 0.4) is 0 Å². The van der Waals surface area contributed by atoms with Gasteiger partial charge in [0, 0.05) is 19.8 Å². The van der Waals surface area contributed by atoms with Gasteiger partial charge in [-0.25, -0.2) is 0 Å². The molecule has 0 heterocycles. The molecule has 1 unspecified atom stereocenters. The Bertz CT molecular complexity index is 595. The summed E-state index contributed by atoms with van der Waals surface area (Å²) in [5.41, 5.74) is -0.786. The number of carbonyl (C=O) groups is 2. The Kier molecular flexibility index (Phi) is 7.21. The average Bonchev–Trinajstić information content (AvgIpc) is 3.13. The van der Waals surface area contributed by atoms with Crippen LogP contribution in [0.1, 0.15) is 57.9 Å². The number of nitrogens with one attached hydrogen (secondary N) is 1. The fourth-order valence-corrected chi connectivity index (χ4v) is 4.01. The number of amides is 1. The van der Waals surface area contributed by atoms with Crippen LogP contribution in [0.5, 0.6) is 0 Å². The lowest BCUT2D eigenvalue weighted by Gasteiger charge is -2.33. The molecule has 1 atom stereocenters. The van der Waals surface area contributed by atoms with Crippen LogP contribution >= 0.6 is 0 Å². The predicted octanol–water partition coefficient (Wildman–Crippen LogP) is 3.52. The van der Waals surface area contributed by atoms with Crippen LogP contribution in [0, 0.1) is 5.41 Å². The standard InChI is InChI=1S/C21H31NO4/c1-3-21(19(24)25,17-10-6-5-7-11-17)16-22-18(23)20(12-8-9-13-20)14-15-26-4-2/h5-7,10-11H,3-4,8-9,12-16H2,1-2H3,(H,22,23)(H,24,25). The highest BCUT2D eigenvalue weighted by molar-refractivity contribution is 5.86. The van der Waals surface area contributed by atoms with E-state index in [0.29, 0.717) is 26.1 Å². The molecule has 0 aromatic heterocycles. The molecule has 26 heavy (non-hydrogen) atoms. The van der Waals surface area contributed by atoms with E-state index in [1.165, 1.54) is 0 Å². The minimum absolute atomic E-state index is 0.0234. The molecule has 1 amide bonds. The molecule has 0 bridgehead atoms. The smallest absolute Gasteiger partial charge is 0.315 e. The normalized spacial score (nSPS) is 18.2. The van der Waals surface area contributed by atoms with E-state index in [4.69, 9.17) is 4.74 Å². The molecule has 0 spiro atoms. The molecule has 1 aliphatic rings. The number of hydrogen-bond donors (Lipinski definition) is 2. The number of hydrogen-bond acceptors (Lipinski definition) is 3. The van der Waals surface area contributed by atoms with Crippen molar-refractivity contribution >= 4 is 11.9 Å². The summed E-state index contributed by atoms with van der Waals surface area (Å²) >= 11 is 0. The van der Waals surface area contributed by atoms with Crippen molar-refractivity contribution in [2.24, 2.45) is 5.41 Å². The number of carbonyl (C=O) groups excluding carboxylic acids is 1. The van der Waals surface area contributed by atoms with Crippen LogP contribution in [-0.2, 0) is 19.7 Å². The Morgan fingerprint density at radius 3 is 2.38 bits per heavy atom. The molecule has 5 heteroatoms. The van der Waals surface area contributed by atoms with Crippen LogP contribution in [-0.4, -0.2) is 36.7 Å². The van der Waals surface area contributed by atoms with E-state index >= 15 is 0 Å². The summed E-state index contributed by atoms with van der Waals surface area (Å²) in [4.78, 5) is 25.1. The number of rotatable bonds is 10. The van der Waals surface area contributed by atoms with Gasteiger partial charge < -0.3 is 15.2 Å². The third-order valence-corrected chi connectivity index (χ3v) is 5.86. The monoisotopic (exact) mass is 361 g/mol. The molecule has 2 N–H and O–H groups in total. The first-order chi connectivity index (χ1) is 12.5. The molecule has 0 aliphatic heterocycles. The molecule has 1 fully saturated rings. The molecule has 1 saturated carbocycles. The van der Waals surface area contributed by atoms with Crippen molar-refractivity contribution in [3.8, 4) is 0 Å². The van der Waals surface area contributed by atoms with Crippen molar-refractivity contribution in [2.75, 3.05) is 19.8 Å². The first-order valence-electron chi connectivity index (χ1n) is 9.66. The zero-order chi connectivity index (χ0) is 19.0. The third-order valence-electron chi connectivity index (χ3n) is 5.86. The maximum absolute atomic E-state index is 13.0. The summed E-state index contributed by atoms with van der Waals surface area (Å²) < 4.78 is 5.47. The zero-order valence-electron chi connectivity index (χ0n) is 15.9. The Labute approximate surface area is 156 Å². The van der Waals surface area contributed by atoms with E-state index < -0.39 is 16.8 Å². The van der Waals surface area contributed by atoms with Crippen LogP contribution < -0.4 is 5.32 Å². The predicted molar refractivity (Wildman–Crippen MR) is 101 cm³/mol. The molecule has 0 radical (unpaired) electrons. The van der Waals surface area contributed by atoms with Gasteiger partial charge in [-0.05, 0) is 38.2 Å². The lowest BCUT2D eigenvalue weighted by atomic mass is 9.77. The number of carboxylic acids is 1. The Balaban J connectivity index is 2.14. The Morgan fingerprint density at radius 1 is 1.19 bits per heavy atom. The van der Waals surface area contributed by atoms with Crippen molar-refractivity contribution in [1.82, 2.24) is 5.32 Å². The van der Waals surface area contributed by atoms with Gasteiger partial charge in [0.25, 0.3) is 0 Å². The second kappa shape index (κ2) is 9.17. The summed E-state index contributed by atoms with van der Waals surface area (Å²) in [6, 6.07) is 9.19. The van der Waals surface area contributed by atoms with Crippen molar-refractivity contribution in [3.05, 3.63) is 35.9 Å². The molecular weight excluding hydrogens is 330 g/mol. The van der Waals surface area contributed by atoms with Gasteiger partial charge in [-0.3, -0.25) is 9.59 Å². The van der Waals surface area contributed by atoms with Gasteiger partial charge in [0.1, 0.15) is 5.41 Å². The topological polar surface area (TPSA) is 75.6 Å². The molecule has 1 aromatic carbocycles. The van der Waals surface area contributed by atoms with Gasteiger partial charge in [-0.15, -0.1) is 0 Å². The maximum atomic E-state index is 13.0. The van der Waals surface area contributed by atoms with Gasteiger partial charge in [-0.1, -0.05) is 50.1 Å². The molecule has 1 aromatic rings. The van der Waals surface area contributed by atoms with Crippen molar-refractivity contribution in [3.63, 3.8) is 0 Å². The highest BCUT2D eigenvalue weighted by Crippen LogP contribution is 2.41. The van der Waals surface area contributed by atoms with E-state index in [-0.39, 0.29) is 12.5 Å². The van der Waals surface area contributed by atoms with Crippen LogP contribution in [0.2, 0.25) is 0 Å².